The molecule has 1 aromatic rings. The van der Waals surface area contributed by atoms with Crippen molar-refractivity contribution >= 4 is 0 Å². The number of aromatic nitrogens is 2. The molecule has 1 rings (SSSR count). The molecule has 1 heterocycles. The van der Waals surface area contributed by atoms with E-state index in [1.165, 1.54) is 83.6 Å². The van der Waals surface area contributed by atoms with Gasteiger partial charge in [-0.2, -0.15) is 0 Å². The van der Waals surface area contributed by atoms with Gasteiger partial charge in [0.2, 0.25) is 0 Å². The van der Waals surface area contributed by atoms with E-state index >= 15 is 0 Å². The number of aryl methyl sites for hydroxylation is 1. The van der Waals surface area contributed by atoms with Gasteiger partial charge in [0.1, 0.15) is 12.4 Å². The Morgan fingerprint density at radius 2 is 1.39 bits per heavy atom. The second-order valence-electron chi connectivity index (χ2n) is 7.34. The second kappa shape index (κ2) is 12.6. The SMILES string of the molecule is CCCCCCCCCc1n(C(C)C)cc[n+]1CCCCCC. The molecule has 0 aliphatic carbocycles. The number of hydrogen-bond acceptors (Lipinski definition) is 0. The average Bonchev–Trinajstić information content (AvgIpc) is 2.94. The van der Waals surface area contributed by atoms with Gasteiger partial charge >= 0.3 is 0 Å². The quantitative estimate of drug-likeness (QED) is 0.284. The molecule has 0 saturated heterocycles. The number of unbranched alkanes of at least 4 members (excludes halogenated alkanes) is 9. The zero-order chi connectivity index (χ0) is 16.9. The Kier molecular flexibility index (Phi) is 11.1. The predicted molar refractivity (Wildman–Crippen MR) is 101 cm³/mol. The highest BCUT2D eigenvalue weighted by atomic mass is 15.2. The smallest absolute Gasteiger partial charge is 0.234 e. The average molecular weight is 322 g/mol. The first kappa shape index (κ1) is 20.3. The molecule has 0 N–H and O–H groups in total. The van der Waals surface area contributed by atoms with Gasteiger partial charge in [0.25, 0.3) is 5.82 Å². The molecule has 0 aromatic carbocycles. The lowest BCUT2D eigenvalue weighted by atomic mass is 10.1. The van der Waals surface area contributed by atoms with Crippen LogP contribution in [0.15, 0.2) is 12.4 Å². The highest BCUT2D eigenvalue weighted by Gasteiger charge is 2.18. The maximum Gasteiger partial charge on any atom is 0.256 e. The van der Waals surface area contributed by atoms with Crippen molar-refractivity contribution in [3.63, 3.8) is 0 Å². The summed E-state index contributed by atoms with van der Waals surface area (Å²) in [4.78, 5) is 0. The Hall–Kier alpha value is -0.790. The molecule has 1 aromatic heterocycles. The summed E-state index contributed by atoms with van der Waals surface area (Å²) in [5, 5.41) is 0. The lowest BCUT2D eigenvalue weighted by molar-refractivity contribution is -0.704. The normalized spacial score (nSPS) is 11.5. The van der Waals surface area contributed by atoms with Gasteiger partial charge < -0.3 is 0 Å². The van der Waals surface area contributed by atoms with E-state index in [-0.39, 0.29) is 0 Å². The Morgan fingerprint density at radius 3 is 2.00 bits per heavy atom. The fourth-order valence-corrected chi connectivity index (χ4v) is 3.37. The van der Waals surface area contributed by atoms with Crippen LogP contribution in [0, 0.1) is 0 Å². The molecule has 0 radical (unpaired) electrons. The number of nitrogens with zero attached hydrogens (tertiary/aromatic N) is 2. The molecule has 0 bridgehead atoms. The highest BCUT2D eigenvalue weighted by molar-refractivity contribution is 4.86. The minimum Gasteiger partial charge on any atom is -0.234 e. The zero-order valence-electron chi connectivity index (χ0n) is 16.3. The summed E-state index contributed by atoms with van der Waals surface area (Å²) < 4.78 is 5.00. The molecule has 0 saturated carbocycles. The lowest BCUT2D eigenvalue weighted by Crippen LogP contribution is -2.37. The highest BCUT2D eigenvalue weighted by Crippen LogP contribution is 2.13. The Bertz CT molecular complexity index is 393. The largest absolute Gasteiger partial charge is 0.256 e. The standard InChI is InChI=1S/C21H41N2/c1-5-7-9-11-12-13-14-16-21-22(17-15-10-8-6-2)18-19-23(21)20(3)4/h18-20H,5-17H2,1-4H3/q+1. The molecule has 0 atom stereocenters. The Morgan fingerprint density at radius 1 is 0.826 bits per heavy atom. The van der Waals surface area contributed by atoms with Crippen molar-refractivity contribution in [2.24, 2.45) is 0 Å². The van der Waals surface area contributed by atoms with Gasteiger partial charge in [0.15, 0.2) is 0 Å². The van der Waals surface area contributed by atoms with Gasteiger partial charge in [-0.05, 0) is 33.1 Å². The van der Waals surface area contributed by atoms with Gasteiger partial charge in [-0.15, -0.1) is 0 Å². The molecule has 0 amide bonds. The van der Waals surface area contributed by atoms with Gasteiger partial charge in [0.05, 0.1) is 12.6 Å². The van der Waals surface area contributed by atoms with E-state index in [4.69, 9.17) is 0 Å². The fourth-order valence-electron chi connectivity index (χ4n) is 3.37. The molecule has 2 heteroatoms. The minimum absolute atomic E-state index is 0.575. The van der Waals surface area contributed by atoms with Crippen LogP contribution in [0.2, 0.25) is 0 Å². The summed E-state index contributed by atoms with van der Waals surface area (Å²) in [7, 11) is 0. The maximum absolute atomic E-state index is 2.52. The van der Waals surface area contributed by atoms with Crippen LogP contribution in [0.1, 0.15) is 110 Å². The summed E-state index contributed by atoms with van der Waals surface area (Å²) in [6.07, 6.45) is 21.0. The van der Waals surface area contributed by atoms with Gasteiger partial charge in [-0.1, -0.05) is 65.2 Å². The van der Waals surface area contributed by atoms with E-state index < -0.39 is 0 Å². The Balaban J connectivity index is 2.41. The van der Waals surface area contributed by atoms with Gasteiger partial charge in [-0.3, -0.25) is 0 Å². The van der Waals surface area contributed by atoms with Crippen LogP contribution in [0.3, 0.4) is 0 Å². The van der Waals surface area contributed by atoms with Crippen LogP contribution in [0.25, 0.3) is 0 Å². The van der Waals surface area contributed by atoms with E-state index in [0.29, 0.717) is 6.04 Å². The van der Waals surface area contributed by atoms with Crippen LogP contribution in [-0.4, -0.2) is 4.57 Å². The van der Waals surface area contributed by atoms with Crippen LogP contribution >= 0.6 is 0 Å². The lowest BCUT2D eigenvalue weighted by Gasteiger charge is -2.08. The predicted octanol–water partition coefficient (Wildman–Crippen LogP) is 6.23. The summed E-state index contributed by atoms with van der Waals surface area (Å²) in [5.74, 6) is 1.55. The first-order chi connectivity index (χ1) is 11.2. The van der Waals surface area contributed by atoms with E-state index in [1.807, 2.05) is 0 Å². The molecule has 0 unspecified atom stereocenters. The van der Waals surface area contributed by atoms with Crippen molar-refractivity contribution in [1.82, 2.24) is 4.57 Å². The second-order valence-corrected chi connectivity index (χ2v) is 7.34. The van der Waals surface area contributed by atoms with Crippen LogP contribution in [-0.2, 0) is 13.0 Å². The Labute approximate surface area is 145 Å². The number of imidazole rings is 1. The summed E-state index contributed by atoms with van der Waals surface area (Å²) in [6, 6.07) is 0.575. The monoisotopic (exact) mass is 321 g/mol. The van der Waals surface area contributed by atoms with Crippen molar-refractivity contribution in [1.29, 1.82) is 0 Å². The van der Waals surface area contributed by atoms with E-state index in [0.717, 1.165) is 0 Å². The van der Waals surface area contributed by atoms with Crippen molar-refractivity contribution in [3.05, 3.63) is 18.2 Å². The van der Waals surface area contributed by atoms with Crippen molar-refractivity contribution in [3.8, 4) is 0 Å². The molecule has 23 heavy (non-hydrogen) atoms. The minimum atomic E-state index is 0.575. The topological polar surface area (TPSA) is 8.81 Å². The van der Waals surface area contributed by atoms with Gasteiger partial charge in [-0.25, -0.2) is 9.13 Å². The van der Waals surface area contributed by atoms with E-state index in [2.05, 4.69) is 49.2 Å². The zero-order valence-corrected chi connectivity index (χ0v) is 16.3. The van der Waals surface area contributed by atoms with Crippen LogP contribution in [0.5, 0.6) is 0 Å². The van der Waals surface area contributed by atoms with E-state index in [9.17, 15) is 0 Å². The summed E-state index contributed by atoms with van der Waals surface area (Å²) in [5.41, 5.74) is 0. The van der Waals surface area contributed by atoms with Gasteiger partial charge in [0, 0.05) is 6.42 Å². The van der Waals surface area contributed by atoms with Crippen molar-refractivity contribution in [2.75, 3.05) is 0 Å². The molecular weight excluding hydrogens is 280 g/mol. The molecule has 2 nitrogen and oxygen atoms in total. The summed E-state index contributed by atoms with van der Waals surface area (Å²) in [6.45, 7) is 10.4. The van der Waals surface area contributed by atoms with Crippen LogP contribution < -0.4 is 4.57 Å². The third kappa shape index (κ3) is 8.04. The van der Waals surface area contributed by atoms with Crippen molar-refractivity contribution < 1.29 is 4.57 Å². The summed E-state index contributed by atoms with van der Waals surface area (Å²) >= 11 is 0. The first-order valence-electron chi connectivity index (χ1n) is 10.3. The van der Waals surface area contributed by atoms with Crippen molar-refractivity contribution in [2.45, 2.75) is 117 Å². The molecule has 134 valence electrons. The molecule has 0 aliphatic heterocycles. The third-order valence-electron chi connectivity index (χ3n) is 4.85. The third-order valence-corrected chi connectivity index (χ3v) is 4.85. The molecule has 0 fully saturated rings. The fraction of sp³-hybridized carbons (Fsp3) is 0.857. The molecular formula is C21H41N2+. The molecule has 0 spiro atoms. The van der Waals surface area contributed by atoms with E-state index in [1.54, 1.807) is 5.82 Å². The number of hydrogen-bond donors (Lipinski definition) is 0. The number of rotatable bonds is 14. The first-order valence-corrected chi connectivity index (χ1v) is 10.3. The maximum atomic E-state index is 2.52. The van der Waals surface area contributed by atoms with Crippen LogP contribution in [0.4, 0.5) is 0 Å². The molecule has 0 aliphatic rings.